The van der Waals surface area contributed by atoms with E-state index in [0.29, 0.717) is 41.5 Å². The molecule has 1 aliphatic heterocycles. The number of amides is 3. The number of nitrogens with zero attached hydrogens (tertiary/aromatic N) is 1. The van der Waals surface area contributed by atoms with Gasteiger partial charge in [-0.3, -0.25) is 4.79 Å². The molecule has 184 valence electrons. The minimum Gasteiger partial charge on any atom is -0.497 e. The molecule has 2 aromatic rings. The molecule has 0 saturated heterocycles. The Bertz CT molecular complexity index is 982. The number of carbonyl (C=O) groups is 2. The van der Waals surface area contributed by atoms with Crippen LogP contribution in [0.25, 0.3) is 0 Å². The summed E-state index contributed by atoms with van der Waals surface area (Å²) < 4.78 is 11.4. The van der Waals surface area contributed by atoms with Gasteiger partial charge < -0.3 is 35.4 Å². The minimum absolute atomic E-state index is 0.0458. The Morgan fingerprint density at radius 3 is 2.53 bits per heavy atom. The van der Waals surface area contributed by atoms with Crippen molar-refractivity contribution < 1.29 is 24.2 Å². The standard InChI is InChI=1S/C25H34N4O5/c1-16-14-29(17(2)15-30)24(31)12-18-11-20(7-10-22(18)34-23(16)13-26-3)28-25(32)27-19-5-8-21(33-4)9-6-19/h5-11,16-17,23,26,30H,12-15H2,1-4H3,(H2,27,28,32)/t16-,17-,23-/m0/s1. The van der Waals surface area contributed by atoms with Gasteiger partial charge in [-0.25, -0.2) is 4.79 Å². The normalized spacial score (nSPS) is 19.1. The number of benzene rings is 2. The van der Waals surface area contributed by atoms with Crippen molar-refractivity contribution in [3.05, 3.63) is 48.0 Å². The summed E-state index contributed by atoms with van der Waals surface area (Å²) in [6.07, 6.45) is -0.0610. The van der Waals surface area contributed by atoms with Gasteiger partial charge in [-0.05, 0) is 56.4 Å². The van der Waals surface area contributed by atoms with Crippen molar-refractivity contribution in [1.82, 2.24) is 10.2 Å². The lowest BCUT2D eigenvalue weighted by Crippen LogP contribution is -2.47. The Morgan fingerprint density at radius 1 is 1.21 bits per heavy atom. The van der Waals surface area contributed by atoms with Crippen molar-refractivity contribution in [1.29, 1.82) is 0 Å². The lowest BCUT2D eigenvalue weighted by Gasteiger charge is -2.32. The molecule has 0 spiro atoms. The molecule has 34 heavy (non-hydrogen) atoms. The molecule has 3 amide bonds. The molecule has 4 N–H and O–H groups in total. The third-order valence-corrected chi connectivity index (χ3v) is 5.93. The molecule has 0 unspecified atom stereocenters. The molecule has 2 aromatic carbocycles. The summed E-state index contributed by atoms with van der Waals surface area (Å²) in [6.45, 7) is 4.85. The molecular formula is C25H34N4O5. The first-order valence-electron chi connectivity index (χ1n) is 11.4. The van der Waals surface area contributed by atoms with Crippen LogP contribution in [0.2, 0.25) is 0 Å². The van der Waals surface area contributed by atoms with Crippen molar-refractivity contribution in [3.63, 3.8) is 0 Å². The fourth-order valence-electron chi connectivity index (χ4n) is 3.92. The molecule has 3 atom stereocenters. The highest BCUT2D eigenvalue weighted by Crippen LogP contribution is 2.29. The first-order valence-corrected chi connectivity index (χ1v) is 11.4. The van der Waals surface area contributed by atoms with E-state index >= 15 is 0 Å². The molecule has 0 saturated carbocycles. The summed E-state index contributed by atoms with van der Waals surface area (Å²) in [7, 11) is 3.44. The van der Waals surface area contributed by atoms with Crippen LogP contribution < -0.4 is 25.4 Å². The number of hydrogen-bond acceptors (Lipinski definition) is 6. The maximum Gasteiger partial charge on any atom is 0.323 e. The monoisotopic (exact) mass is 470 g/mol. The number of rotatable bonds is 7. The Balaban J connectivity index is 1.81. The Morgan fingerprint density at radius 2 is 1.88 bits per heavy atom. The van der Waals surface area contributed by atoms with Crippen LogP contribution in [0.5, 0.6) is 11.5 Å². The predicted molar refractivity (Wildman–Crippen MR) is 132 cm³/mol. The summed E-state index contributed by atoms with van der Waals surface area (Å²) in [5.41, 5.74) is 1.84. The van der Waals surface area contributed by atoms with Gasteiger partial charge in [0, 0.05) is 35.9 Å². The first kappa shape index (κ1) is 25.3. The van der Waals surface area contributed by atoms with E-state index in [0.717, 1.165) is 0 Å². The van der Waals surface area contributed by atoms with Gasteiger partial charge in [0.1, 0.15) is 17.6 Å². The highest BCUT2D eigenvalue weighted by molar-refractivity contribution is 6.00. The fraction of sp³-hybridized carbons (Fsp3) is 0.440. The van der Waals surface area contributed by atoms with Gasteiger partial charge in [0.05, 0.1) is 26.2 Å². The zero-order valence-electron chi connectivity index (χ0n) is 20.1. The van der Waals surface area contributed by atoms with E-state index in [9.17, 15) is 14.7 Å². The number of ether oxygens (including phenoxy) is 2. The molecular weight excluding hydrogens is 436 g/mol. The summed E-state index contributed by atoms with van der Waals surface area (Å²) in [4.78, 5) is 27.4. The predicted octanol–water partition coefficient (Wildman–Crippen LogP) is 2.71. The van der Waals surface area contributed by atoms with E-state index in [1.165, 1.54) is 0 Å². The number of carbonyl (C=O) groups excluding carboxylic acids is 2. The van der Waals surface area contributed by atoms with Crippen LogP contribution in [-0.2, 0) is 11.2 Å². The number of hydrogen-bond donors (Lipinski definition) is 4. The molecule has 1 aliphatic rings. The van der Waals surface area contributed by atoms with Gasteiger partial charge in [-0.2, -0.15) is 0 Å². The van der Waals surface area contributed by atoms with E-state index in [1.54, 1.807) is 54.5 Å². The summed E-state index contributed by atoms with van der Waals surface area (Å²) in [5.74, 6) is 1.26. The van der Waals surface area contributed by atoms with Gasteiger partial charge in [-0.15, -0.1) is 0 Å². The molecule has 9 heteroatoms. The van der Waals surface area contributed by atoms with Crippen molar-refractivity contribution in [2.75, 3.05) is 44.5 Å². The zero-order chi connectivity index (χ0) is 24.7. The van der Waals surface area contributed by atoms with E-state index in [4.69, 9.17) is 9.47 Å². The lowest BCUT2D eigenvalue weighted by atomic mass is 10.0. The highest BCUT2D eigenvalue weighted by Gasteiger charge is 2.30. The van der Waals surface area contributed by atoms with Crippen molar-refractivity contribution in [3.8, 4) is 11.5 Å². The van der Waals surface area contributed by atoms with Crippen LogP contribution in [-0.4, -0.2) is 67.9 Å². The number of nitrogens with one attached hydrogen (secondary N) is 3. The topological polar surface area (TPSA) is 112 Å². The SMILES string of the molecule is CNC[C@@H]1Oc2ccc(NC(=O)Nc3ccc(OC)cc3)cc2CC(=O)N([C@@H](C)CO)C[C@@H]1C. The van der Waals surface area contributed by atoms with E-state index < -0.39 is 6.03 Å². The number of urea groups is 1. The summed E-state index contributed by atoms with van der Waals surface area (Å²) in [6, 6.07) is 11.6. The van der Waals surface area contributed by atoms with Gasteiger partial charge in [0.15, 0.2) is 0 Å². The van der Waals surface area contributed by atoms with Crippen molar-refractivity contribution >= 4 is 23.3 Å². The van der Waals surface area contributed by atoms with E-state index in [1.807, 2.05) is 20.9 Å². The van der Waals surface area contributed by atoms with Gasteiger partial charge in [-0.1, -0.05) is 6.92 Å². The number of likely N-dealkylation sites (N-methyl/N-ethyl adjacent to an activating group) is 1. The smallest absolute Gasteiger partial charge is 0.323 e. The second-order valence-corrected chi connectivity index (χ2v) is 8.58. The minimum atomic E-state index is -0.405. The average Bonchev–Trinajstić information content (AvgIpc) is 2.87. The molecule has 0 bridgehead atoms. The van der Waals surface area contributed by atoms with E-state index in [2.05, 4.69) is 16.0 Å². The van der Waals surface area contributed by atoms with Crippen molar-refractivity contribution in [2.45, 2.75) is 32.4 Å². The van der Waals surface area contributed by atoms with Crippen LogP contribution in [0.3, 0.4) is 0 Å². The molecule has 3 rings (SSSR count). The molecule has 0 aromatic heterocycles. The third kappa shape index (κ3) is 6.39. The Kier molecular flexibility index (Phi) is 8.72. The molecule has 0 aliphatic carbocycles. The molecule has 0 radical (unpaired) electrons. The maximum atomic E-state index is 13.2. The van der Waals surface area contributed by atoms with Gasteiger partial charge in [0.2, 0.25) is 5.91 Å². The number of aliphatic hydroxyl groups is 1. The average molecular weight is 471 g/mol. The number of aliphatic hydroxyl groups excluding tert-OH is 1. The Hall–Kier alpha value is -3.30. The second kappa shape index (κ2) is 11.7. The number of methoxy groups -OCH3 is 1. The van der Waals surface area contributed by atoms with Crippen LogP contribution >= 0.6 is 0 Å². The number of fused-ring (bicyclic) bond motifs is 1. The van der Waals surface area contributed by atoms with Crippen LogP contribution in [0.4, 0.5) is 16.2 Å². The van der Waals surface area contributed by atoms with E-state index in [-0.39, 0.29) is 37.0 Å². The van der Waals surface area contributed by atoms with Crippen LogP contribution in [0, 0.1) is 5.92 Å². The largest absolute Gasteiger partial charge is 0.497 e. The molecule has 0 fully saturated rings. The molecule has 9 nitrogen and oxygen atoms in total. The van der Waals surface area contributed by atoms with Crippen LogP contribution in [0.15, 0.2) is 42.5 Å². The van der Waals surface area contributed by atoms with Gasteiger partial charge in [0.25, 0.3) is 0 Å². The zero-order valence-corrected chi connectivity index (χ0v) is 20.1. The maximum absolute atomic E-state index is 13.2. The Labute approximate surface area is 200 Å². The second-order valence-electron chi connectivity index (χ2n) is 8.58. The fourth-order valence-corrected chi connectivity index (χ4v) is 3.92. The van der Waals surface area contributed by atoms with Gasteiger partial charge >= 0.3 is 6.03 Å². The molecule has 1 heterocycles. The highest BCUT2D eigenvalue weighted by atomic mass is 16.5. The van der Waals surface area contributed by atoms with Crippen molar-refractivity contribution in [2.24, 2.45) is 5.92 Å². The number of anilines is 2. The first-order chi connectivity index (χ1) is 16.3. The third-order valence-electron chi connectivity index (χ3n) is 5.93. The summed E-state index contributed by atoms with van der Waals surface area (Å²) >= 11 is 0. The van der Waals surface area contributed by atoms with Crippen LogP contribution in [0.1, 0.15) is 19.4 Å². The summed E-state index contributed by atoms with van der Waals surface area (Å²) in [5, 5.41) is 18.4. The quantitative estimate of drug-likeness (QED) is 0.495. The lowest BCUT2D eigenvalue weighted by molar-refractivity contribution is -0.134.